The fourth-order valence-electron chi connectivity index (χ4n) is 1.72. The van der Waals surface area contributed by atoms with Crippen molar-refractivity contribution in [3.8, 4) is 11.5 Å². The Kier molecular flexibility index (Phi) is 5.63. The van der Waals surface area contributed by atoms with E-state index in [0.29, 0.717) is 23.3 Å². The van der Waals surface area contributed by atoms with Gasteiger partial charge in [0.2, 0.25) is 11.8 Å². The van der Waals surface area contributed by atoms with Gasteiger partial charge in [0.05, 0.1) is 0 Å². The van der Waals surface area contributed by atoms with Crippen LogP contribution in [0.4, 0.5) is 0 Å². The predicted octanol–water partition coefficient (Wildman–Crippen LogP) is 3.90. The first-order valence-electron chi connectivity index (χ1n) is 6.87. The van der Waals surface area contributed by atoms with Crippen LogP contribution in [0.25, 0.3) is 11.5 Å². The summed E-state index contributed by atoms with van der Waals surface area (Å²) < 4.78 is 6.55. The minimum atomic E-state index is -0.208. The van der Waals surface area contributed by atoms with Gasteiger partial charge in [-0.25, -0.2) is 0 Å². The van der Waals surface area contributed by atoms with E-state index in [1.807, 2.05) is 45.0 Å². The first-order valence-corrected chi connectivity index (χ1v) is 8.64. The van der Waals surface area contributed by atoms with Gasteiger partial charge in [-0.2, -0.15) is 0 Å². The van der Waals surface area contributed by atoms with Crippen LogP contribution in [-0.2, 0) is 4.79 Å². The lowest BCUT2D eigenvalue weighted by Gasteiger charge is -2.20. The Bertz CT molecular complexity index is 652. The summed E-state index contributed by atoms with van der Waals surface area (Å²) in [5.74, 6) is 1.09. The molecular weight excluding hydrogens is 366 g/mol. The fraction of sp³-hybridized carbons (Fsp3) is 0.400. The maximum Gasteiger partial charge on any atom is 0.276 e. The molecule has 0 aliphatic rings. The highest BCUT2D eigenvalue weighted by molar-refractivity contribution is 9.10. The van der Waals surface area contributed by atoms with Crippen molar-refractivity contribution in [2.45, 2.75) is 38.0 Å². The molecule has 2 aromatic rings. The number of aromatic nitrogens is 2. The number of nitrogens with zero attached hydrogens (tertiary/aromatic N) is 2. The molecule has 1 N–H and O–H groups in total. The fourth-order valence-corrected chi connectivity index (χ4v) is 2.82. The number of rotatable bonds is 5. The predicted molar refractivity (Wildman–Crippen MR) is 90.7 cm³/mol. The van der Waals surface area contributed by atoms with Crippen LogP contribution >= 0.6 is 27.7 Å². The van der Waals surface area contributed by atoms with Crippen LogP contribution in [0.3, 0.4) is 0 Å². The summed E-state index contributed by atoms with van der Waals surface area (Å²) in [6.45, 7) is 5.88. The zero-order chi connectivity index (χ0) is 16.2. The zero-order valence-electron chi connectivity index (χ0n) is 12.7. The highest BCUT2D eigenvalue weighted by Crippen LogP contribution is 2.25. The largest absolute Gasteiger partial charge is 0.411 e. The van der Waals surface area contributed by atoms with E-state index in [-0.39, 0.29) is 11.4 Å². The van der Waals surface area contributed by atoms with Crippen molar-refractivity contribution in [3.63, 3.8) is 0 Å². The van der Waals surface area contributed by atoms with E-state index >= 15 is 0 Å². The Labute approximate surface area is 142 Å². The highest BCUT2D eigenvalue weighted by atomic mass is 79.9. The third-order valence-corrected chi connectivity index (χ3v) is 3.86. The summed E-state index contributed by atoms with van der Waals surface area (Å²) in [7, 11) is 0. The second-order valence-electron chi connectivity index (χ2n) is 5.78. The average molecular weight is 384 g/mol. The summed E-state index contributed by atoms with van der Waals surface area (Å²) in [5.41, 5.74) is 0.652. The standard InChI is InChI=1S/C15H18BrN3O2S/c1-15(2,3)17-12(20)7-8-22-14-19-18-13(21-14)10-5-4-6-11(16)9-10/h4-6,9H,7-8H2,1-3H3,(H,17,20). The minimum Gasteiger partial charge on any atom is -0.411 e. The number of hydrogen-bond donors (Lipinski definition) is 1. The molecule has 0 bridgehead atoms. The van der Waals surface area contributed by atoms with Crippen molar-refractivity contribution in [1.29, 1.82) is 0 Å². The highest BCUT2D eigenvalue weighted by Gasteiger charge is 2.14. The summed E-state index contributed by atoms with van der Waals surface area (Å²) in [6.07, 6.45) is 0.413. The summed E-state index contributed by atoms with van der Waals surface area (Å²) >= 11 is 4.79. The molecule has 118 valence electrons. The molecule has 0 aliphatic carbocycles. The molecule has 0 radical (unpaired) electrons. The van der Waals surface area contributed by atoms with E-state index in [2.05, 4.69) is 31.4 Å². The number of benzene rings is 1. The monoisotopic (exact) mass is 383 g/mol. The van der Waals surface area contributed by atoms with Gasteiger partial charge in [-0.3, -0.25) is 4.79 Å². The number of carbonyl (C=O) groups excluding carboxylic acids is 1. The molecular formula is C15H18BrN3O2S. The number of halogens is 1. The van der Waals surface area contributed by atoms with Crippen LogP contribution in [-0.4, -0.2) is 27.4 Å². The third kappa shape index (κ3) is 5.46. The van der Waals surface area contributed by atoms with Crippen molar-refractivity contribution < 1.29 is 9.21 Å². The summed E-state index contributed by atoms with van der Waals surface area (Å²) in [4.78, 5) is 11.7. The van der Waals surface area contributed by atoms with Crippen LogP contribution in [0.5, 0.6) is 0 Å². The Morgan fingerprint density at radius 2 is 2.14 bits per heavy atom. The molecule has 2 rings (SSSR count). The van der Waals surface area contributed by atoms with Gasteiger partial charge < -0.3 is 9.73 Å². The van der Waals surface area contributed by atoms with Crippen molar-refractivity contribution >= 4 is 33.6 Å². The first kappa shape index (κ1) is 17.0. The van der Waals surface area contributed by atoms with E-state index in [9.17, 15) is 4.79 Å². The quantitative estimate of drug-likeness (QED) is 0.792. The third-order valence-electron chi connectivity index (χ3n) is 2.55. The number of thioether (sulfide) groups is 1. The van der Waals surface area contributed by atoms with Crippen LogP contribution < -0.4 is 5.32 Å². The Balaban J connectivity index is 1.87. The molecule has 0 aliphatic heterocycles. The molecule has 0 unspecified atom stereocenters. The number of nitrogens with one attached hydrogen (secondary N) is 1. The molecule has 1 amide bonds. The molecule has 0 saturated heterocycles. The molecule has 1 heterocycles. The second-order valence-corrected chi connectivity index (χ2v) is 7.74. The minimum absolute atomic E-state index is 0.0201. The maximum atomic E-state index is 11.7. The van der Waals surface area contributed by atoms with Gasteiger partial charge in [0.25, 0.3) is 5.22 Å². The van der Waals surface area contributed by atoms with Gasteiger partial charge in [-0.1, -0.05) is 33.8 Å². The van der Waals surface area contributed by atoms with Crippen molar-refractivity contribution in [3.05, 3.63) is 28.7 Å². The van der Waals surface area contributed by atoms with E-state index in [0.717, 1.165) is 10.0 Å². The van der Waals surface area contributed by atoms with Gasteiger partial charge in [0, 0.05) is 27.7 Å². The van der Waals surface area contributed by atoms with Crippen molar-refractivity contribution in [1.82, 2.24) is 15.5 Å². The molecule has 0 fully saturated rings. The summed E-state index contributed by atoms with van der Waals surface area (Å²) in [5, 5.41) is 11.4. The van der Waals surface area contributed by atoms with Crippen molar-refractivity contribution in [2.75, 3.05) is 5.75 Å². The molecule has 0 atom stereocenters. The Morgan fingerprint density at radius 3 is 2.82 bits per heavy atom. The maximum absolute atomic E-state index is 11.7. The van der Waals surface area contributed by atoms with Crippen LogP contribution in [0.1, 0.15) is 27.2 Å². The van der Waals surface area contributed by atoms with Gasteiger partial charge in [0.1, 0.15) is 0 Å². The average Bonchev–Trinajstić information content (AvgIpc) is 2.85. The van der Waals surface area contributed by atoms with E-state index in [1.165, 1.54) is 11.8 Å². The molecule has 22 heavy (non-hydrogen) atoms. The summed E-state index contributed by atoms with van der Waals surface area (Å²) in [6, 6.07) is 7.67. The molecule has 1 aromatic carbocycles. The SMILES string of the molecule is CC(C)(C)NC(=O)CCSc1nnc(-c2cccc(Br)c2)o1. The number of amides is 1. The van der Waals surface area contributed by atoms with Crippen LogP contribution in [0, 0.1) is 0 Å². The molecule has 5 nitrogen and oxygen atoms in total. The smallest absolute Gasteiger partial charge is 0.276 e. The van der Waals surface area contributed by atoms with Gasteiger partial charge >= 0.3 is 0 Å². The topological polar surface area (TPSA) is 68.0 Å². The van der Waals surface area contributed by atoms with Gasteiger partial charge in [-0.15, -0.1) is 10.2 Å². The van der Waals surface area contributed by atoms with E-state index in [4.69, 9.17) is 4.42 Å². The van der Waals surface area contributed by atoms with E-state index in [1.54, 1.807) is 0 Å². The Hall–Kier alpha value is -1.34. The van der Waals surface area contributed by atoms with Crippen LogP contribution in [0.15, 0.2) is 38.4 Å². The lowest BCUT2D eigenvalue weighted by Crippen LogP contribution is -2.40. The van der Waals surface area contributed by atoms with E-state index < -0.39 is 0 Å². The molecule has 1 aromatic heterocycles. The Morgan fingerprint density at radius 1 is 1.36 bits per heavy atom. The van der Waals surface area contributed by atoms with Gasteiger partial charge in [0.15, 0.2) is 0 Å². The van der Waals surface area contributed by atoms with Crippen LogP contribution in [0.2, 0.25) is 0 Å². The molecule has 0 spiro atoms. The lowest BCUT2D eigenvalue weighted by molar-refractivity contribution is -0.122. The van der Waals surface area contributed by atoms with Gasteiger partial charge in [-0.05, 0) is 39.0 Å². The number of hydrogen-bond acceptors (Lipinski definition) is 5. The molecule has 7 heteroatoms. The lowest BCUT2D eigenvalue weighted by atomic mass is 10.1. The second kappa shape index (κ2) is 7.28. The number of carbonyl (C=O) groups is 1. The normalized spacial score (nSPS) is 11.5. The van der Waals surface area contributed by atoms with Crippen molar-refractivity contribution in [2.24, 2.45) is 0 Å². The first-order chi connectivity index (χ1) is 10.3. The zero-order valence-corrected chi connectivity index (χ0v) is 15.1. The molecule has 0 saturated carbocycles.